The quantitative estimate of drug-likeness (QED) is 0.696. The van der Waals surface area contributed by atoms with Crippen molar-refractivity contribution in [1.29, 1.82) is 0 Å². The van der Waals surface area contributed by atoms with E-state index >= 15 is 0 Å². The Labute approximate surface area is 165 Å². The predicted octanol–water partition coefficient (Wildman–Crippen LogP) is 3.09. The van der Waals surface area contributed by atoms with Gasteiger partial charge in [-0.05, 0) is 38.7 Å². The molecule has 1 atom stereocenters. The Hall–Kier alpha value is -2.31. The molecule has 144 valence electrons. The molecule has 0 aromatic heterocycles. The van der Waals surface area contributed by atoms with E-state index in [4.69, 9.17) is 0 Å². The van der Waals surface area contributed by atoms with E-state index in [0.29, 0.717) is 6.54 Å². The number of anilines is 1. The standard InChI is InChI=1S/C21H27N3O2S/c1-16-9-11-18(12-10-16)23-21(26)15-27-14-20(25)22-13-19(24(2)3)17-7-5-4-6-8-17/h4-12,19H,13-15H2,1-3H3,(H,22,25)(H,23,26). The van der Waals surface area contributed by atoms with Crippen LogP contribution in [-0.4, -0.2) is 48.9 Å². The van der Waals surface area contributed by atoms with Crippen molar-refractivity contribution in [3.05, 3.63) is 65.7 Å². The van der Waals surface area contributed by atoms with Crippen LogP contribution in [0.15, 0.2) is 54.6 Å². The second kappa shape index (κ2) is 10.7. The molecule has 2 aromatic rings. The van der Waals surface area contributed by atoms with Crippen molar-refractivity contribution >= 4 is 29.3 Å². The van der Waals surface area contributed by atoms with Gasteiger partial charge in [0.15, 0.2) is 0 Å². The summed E-state index contributed by atoms with van der Waals surface area (Å²) in [6, 6.07) is 17.8. The molecule has 2 amide bonds. The topological polar surface area (TPSA) is 61.4 Å². The molecule has 0 bridgehead atoms. The second-order valence-corrected chi connectivity index (χ2v) is 7.59. The first-order valence-corrected chi connectivity index (χ1v) is 10.0. The van der Waals surface area contributed by atoms with Crippen LogP contribution in [0.25, 0.3) is 0 Å². The number of aryl methyl sites for hydroxylation is 1. The van der Waals surface area contributed by atoms with Crippen LogP contribution in [0.2, 0.25) is 0 Å². The van der Waals surface area contributed by atoms with Gasteiger partial charge in [0.25, 0.3) is 0 Å². The SMILES string of the molecule is Cc1ccc(NC(=O)CSCC(=O)NCC(c2ccccc2)N(C)C)cc1. The molecule has 5 nitrogen and oxygen atoms in total. The Balaban J connectivity index is 1.70. The summed E-state index contributed by atoms with van der Waals surface area (Å²) in [6.45, 7) is 2.53. The van der Waals surface area contributed by atoms with Gasteiger partial charge in [0.1, 0.15) is 0 Å². The van der Waals surface area contributed by atoms with E-state index in [9.17, 15) is 9.59 Å². The van der Waals surface area contributed by atoms with Gasteiger partial charge in [-0.25, -0.2) is 0 Å². The number of carbonyl (C=O) groups excluding carboxylic acids is 2. The summed E-state index contributed by atoms with van der Waals surface area (Å²) in [5.41, 5.74) is 3.07. The number of thioether (sulfide) groups is 1. The van der Waals surface area contributed by atoms with E-state index in [1.165, 1.54) is 11.8 Å². The van der Waals surface area contributed by atoms with E-state index in [1.807, 2.05) is 63.5 Å². The lowest BCUT2D eigenvalue weighted by atomic mass is 10.1. The number of hydrogen-bond donors (Lipinski definition) is 2. The third-order valence-corrected chi connectivity index (χ3v) is 5.03. The highest BCUT2D eigenvalue weighted by Crippen LogP contribution is 2.16. The van der Waals surface area contributed by atoms with Crippen LogP contribution in [0, 0.1) is 6.92 Å². The zero-order chi connectivity index (χ0) is 19.6. The Morgan fingerprint density at radius 1 is 0.963 bits per heavy atom. The number of nitrogens with one attached hydrogen (secondary N) is 2. The van der Waals surface area contributed by atoms with Crippen molar-refractivity contribution in [3.63, 3.8) is 0 Å². The maximum Gasteiger partial charge on any atom is 0.234 e. The van der Waals surface area contributed by atoms with Crippen molar-refractivity contribution in [3.8, 4) is 0 Å². The molecule has 2 aromatic carbocycles. The third kappa shape index (κ3) is 7.45. The summed E-state index contributed by atoms with van der Waals surface area (Å²) in [5, 5.41) is 5.79. The maximum atomic E-state index is 12.1. The highest BCUT2D eigenvalue weighted by atomic mass is 32.2. The fourth-order valence-electron chi connectivity index (χ4n) is 2.61. The fraction of sp³-hybridized carbons (Fsp3) is 0.333. The van der Waals surface area contributed by atoms with Crippen molar-refractivity contribution in [2.24, 2.45) is 0 Å². The molecular weight excluding hydrogens is 358 g/mol. The van der Waals surface area contributed by atoms with Gasteiger partial charge in [-0.15, -0.1) is 11.8 Å². The first-order valence-electron chi connectivity index (χ1n) is 8.88. The number of benzene rings is 2. The highest BCUT2D eigenvalue weighted by Gasteiger charge is 2.15. The minimum absolute atomic E-state index is 0.0640. The smallest absolute Gasteiger partial charge is 0.234 e. The predicted molar refractivity (Wildman–Crippen MR) is 113 cm³/mol. The third-order valence-electron chi connectivity index (χ3n) is 4.10. The normalized spacial score (nSPS) is 11.9. The van der Waals surface area contributed by atoms with Gasteiger partial charge in [-0.1, -0.05) is 48.0 Å². The molecule has 27 heavy (non-hydrogen) atoms. The van der Waals surface area contributed by atoms with Crippen molar-refractivity contribution in [2.75, 3.05) is 37.5 Å². The summed E-state index contributed by atoms with van der Waals surface area (Å²) >= 11 is 1.31. The number of likely N-dealkylation sites (N-methyl/N-ethyl adjacent to an activating group) is 1. The Morgan fingerprint density at radius 3 is 2.22 bits per heavy atom. The van der Waals surface area contributed by atoms with E-state index in [0.717, 1.165) is 16.8 Å². The molecule has 0 heterocycles. The molecule has 6 heteroatoms. The van der Waals surface area contributed by atoms with E-state index in [-0.39, 0.29) is 29.4 Å². The molecule has 0 aliphatic carbocycles. The average molecular weight is 386 g/mol. The fourth-order valence-corrected chi connectivity index (χ4v) is 3.25. The van der Waals surface area contributed by atoms with Crippen LogP contribution in [0.3, 0.4) is 0 Å². The second-order valence-electron chi connectivity index (χ2n) is 6.60. The van der Waals surface area contributed by atoms with Gasteiger partial charge in [0, 0.05) is 12.2 Å². The van der Waals surface area contributed by atoms with Crippen molar-refractivity contribution < 1.29 is 9.59 Å². The molecule has 0 fully saturated rings. The van der Waals surface area contributed by atoms with Gasteiger partial charge in [0.05, 0.1) is 17.5 Å². The van der Waals surface area contributed by atoms with Gasteiger partial charge in [-0.2, -0.15) is 0 Å². The Bertz CT molecular complexity index is 733. The Kier molecular flexibility index (Phi) is 8.36. The number of rotatable bonds is 9. The van der Waals surface area contributed by atoms with E-state index in [2.05, 4.69) is 27.7 Å². The van der Waals surface area contributed by atoms with E-state index in [1.54, 1.807) is 0 Å². The number of amides is 2. The first kappa shape index (κ1) is 21.0. The maximum absolute atomic E-state index is 12.1. The minimum Gasteiger partial charge on any atom is -0.353 e. The summed E-state index contributed by atoms with van der Waals surface area (Å²) in [5.74, 6) is 0.339. The summed E-state index contributed by atoms with van der Waals surface area (Å²) in [6.07, 6.45) is 0. The van der Waals surface area contributed by atoms with Crippen LogP contribution in [0.4, 0.5) is 5.69 Å². The first-order chi connectivity index (χ1) is 13.0. The number of nitrogens with zero attached hydrogens (tertiary/aromatic N) is 1. The molecule has 1 unspecified atom stereocenters. The largest absolute Gasteiger partial charge is 0.353 e. The van der Waals surface area contributed by atoms with Crippen LogP contribution >= 0.6 is 11.8 Å². The number of hydrogen-bond acceptors (Lipinski definition) is 4. The van der Waals surface area contributed by atoms with Gasteiger partial charge in [0.2, 0.25) is 11.8 Å². The van der Waals surface area contributed by atoms with Crippen LogP contribution in [0.1, 0.15) is 17.2 Å². The van der Waals surface area contributed by atoms with Crippen LogP contribution in [0.5, 0.6) is 0 Å². The molecule has 0 spiro atoms. The molecule has 0 saturated heterocycles. The van der Waals surface area contributed by atoms with Crippen molar-refractivity contribution in [1.82, 2.24) is 10.2 Å². The van der Waals surface area contributed by atoms with Crippen molar-refractivity contribution in [2.45, 2.75) is 13.0 Å². The molecule has 0 radical (unpaired) electrons. The van der Waals surface area contributed by atoms with Gasteiger partial charge < -0.3 is 15.5 Å². The van der Waals surface area contributed by atoms with Gasteiger partial charge >= 0.3 is 0 Å². The highest BCUT2D eigenvalue weighted by molar-refractivity contribution is 8.00. The zero-order valence-corrected chi connectivity index (χ0v) is 16.9. The molecule has 0 aliphatic heterocycles. The lowest BCUT2D eigenvalue weighted by molar-refractivity contribution is -0.118. The lowest BCUT2D eigenvalue weighted by Crippen LogP contribution is -2.35. The van der Waals surface area contributed by atoms with Crippen LogP contribution < -0.4 is 10.6 Å². The summed E-state index contributed by atoms with van der Waals surface area (Å²) in [4.78, 5) is 26.1. The zero-order valence-electron chi connectivity index (χ0n) is 16.1. The molecule has 0 saturated carbocycles. The van der Waals surface area contributed by atoms with E-state index < -0.39 is 0 Å². The van der Waals surface area contributed by atoms with Gasteiger partial charge in [-0.3, -0.25) is 9.59 Å². The summed E-state index contributed by atoms with van der Waals surface area (Å²) in [7, 11) is 3.99. The average Bonchev–Trinajstić information content (AvgIpc) is 2.64. The molecule has 0 aliphatic rings. The molecule has 2 N–H and O–H groups in total. The minimum atomic E-state index is -0.105. The number of carbonyl (C=O) groups is 2. The van der Waals surface area contributed by atoms with Crippen LogP contribution in [-0.2, 0) is 9.59 Å². The monoisotopic (exact) mass is 385 g/mol. The molecular formula is C21H27N3O2S. The summed E-state index contributed by atoms with van der Waals surface area (Å²) < 4.78 is 0. The lowest BCUT2D eigenvalue weighted by Gasteiger charge is -2.25. The molecule has 2 rings (SSSR count). The Morgan fingerprint density at radius 2 is 1.59 bits per heavy atom.